The molecule has 7 nitrogen and oxygen atoms in total. The number of carbonyl (C=O) groups excluding carboxylic acids is 1. The van der Waals surface area contributed by atoms with E-state index in [0.29, 0.717) is 32.7 Å². The predicted octanol–water partition coefficient (Wildman–Crippen LogP) is 4.73. The average Bonchev–Trinajstić information content (AvgIpc) is 3.45. The van der Waals surface area contributed by atoms with Crippen molar-refractivity contribution in [2.75, 3.05) is 17.8 Å². The van der Waals surface area contributed by atoms with Crippen LogP contribution < -0.4 is 4.72 Å². The lowest BCUT2D eigenvalue weighted by atomic mass is 10.1. The normalized spacial score (nSPS) is 14.2. The summed E-state index contributed by atoms with van der Waals surface area (Å²) >= 11 is 1.33. The summed E-state index contributed by atoms with van der Waals surface area (Å²) in [5.41, 5.74) is 5.42. The van der Waals surface area contributed by atoms with Gasteiger partial charge in [-0.05, 0) is 64.7 Å². The number of aromatic nitrogens is 2. The summed E-state index contributed by atoms with van der Waals surface area (Å²) in [4.78, 5) is 20.2. The third-order valence-corrected chi connectivity index (χ3v) is 8.93. The van der Waals surface area contributed by atoms with Crippen LogP contribution in [0.15, 0.2) is 23.1 Å². The number of sulfonamides is 1. The lowest BCUT2D eigenvalue weighted by Gasteiger charge is -2.14. The highest BCUT2D eigenvalue weighted by Gasteiger charge is 2.28. The van der Waals surface area contributed by atoms with Crippen LogP contribution in [0.2, 0.25) is 0 Å². The van der Waals surface area contributed by atoms with E-state index in [1.807, 2.05) is 56.3 Å². The third kappa shape index (κ3) is 4.31. The van der Waals surface area contributed by atoms with Crippen molar-refractivity contribution in [1.82, 2.24) is 14.5 Å². The molecule has 0 atom stereocenters. The molecule has 1 fully saturated rings. The van der Waals surface area contributed by atoms with E-state index in [9.17, 15) is 13.2 Å². The van der Waals surface area contributed by atoms with Gasteiger partial charge >= 0.3 is 0 Å². The van der Waals surface area contributed by atoms with Gasteiger partial charge in [0.1, 0.15) is 14.8 Å². The van der Waals surface area contributed by atoms with E-state index in [1.54, 1.807) is 13.0 Å². The number of nitrogens with zero attached hydrogens (tertiary/aromatic N) is 3. The second-order valence-corrected chi connectivity index (χ2v) is 11.5. The number of amides is 1. The minimum absolute atomic E-state index is 0.0134. The zero-order valence-electron chi connectivity index (χ0n) is 19.9. The maximum atomic E-state index is 13.4. The van der Waals surface area contributed by atoms with E-state index in [1.165, 1.54) is 11.3 Å². The van der Waals surface area contributed by atoms with Gasteiger partial charge in [0.2, 0.25) is 0 Å². The molecule has 3 aromatic rings. The Bertz CT molecular complexity index is 1320. The van der Waals surface area contributed by atoms with Crippen molar-refractivity contribution in [3.05, 3.63) is 51.2 Å². The number of likely N-dealkylation sites (tertiary alicyclic amines) is 1. The summed E-state index contributed by atoms with van der Waals surface area (Å²) in [5, 5.41) is 0.643. The number of anilines is 1. The highest BCUT2D eigenvalue weighted by molar-refractivity contribution is 7.92. The molecule has 1 aliphatic heterocycles. The molecule has 3 heterocycles. The molecule has 0 radical (unpaired) electrons. The molecule has 0 saturated carbocycles. The smallest absolute Gasteiger partial charge is 0.265 e. The number of carbonyl (C=O) groups is 1. The zero-order valence-corrected chi connectivity index (χ0v) is 21.6. The Kier molecular flexibility index (Phi) is 6.13. The number of benzene rings is 1. The third-order valence-electron chi connectivity index (χ3n) is 6.30. The Balaban J connectivity index is 1.70. The van der Waals surface area contributed by atoms with Crippen LogP contribution in [-0.2, 0) is 17.1 Å². The molecule has 0 spiro atoms. The Morgan fingerprint density at radius 1 is 1.03 bits per heavy atom. The maximum absolute atomic E-state index is 13.4. The van der Waals surface area contributed by atoms with Crippen molar-refractivity contribution in [2.24, 2.45) is 7.05 Å². The highest BCUT2D eigenvalue weighted by Crippen LogP contribution is 2.34. The minimum Gasteiger partial charge on any atom is -0.345 e. The second-order valence-electron chi connectivity index (χ2n) is 8.85. The number of rotatable bonds is 5. The van der Waals surface area contributed by atoms with E-state index < -0.39 is 10.0 Å². The van der Waals surface area contributed by atoms with Gasteiger partial charge in [0.15, 0.2) is 0 Å². The molecule has 0 unspecified atom stereocenters. The molecule has 0 bridgehead atoms. The number of nitrogens with one attached hydrogen (secondary N) is 1. The van der Waals surface area contributed by atoms with Gasteiger partial charge in [0, 0.05) is 25.8 Å². The Labute approximate surface area is 199 Å². The van der Waals surface area contributed by atoms with E-state index in [-0.39, 0.29) is 10.8 Å². The first-order chi connectivity index (χ1) is 15.5. The Morgan fingerprint density at radius 2 is 1.64 bits per heavy atom. The van der Waals surface area contributed by atoms with Gasteiger partial charge in [0.25, 0.3) is 15.9 Å². The van der Waals surface area contributed by atoms with Crippen molar-refractivity contribution in [3.63, 3.8) is 0 Å². The molecule has 1 amide bonds. The minimum atomic E-state index is -3.81. The van der Waals surface area contributed by atoms with Crippen LogP contribution in [0.3, 0.4) is 0 Å². The van der Waals surface area contributed by atoms with Crippen LogP contribution in [0.25, 0.3) is 10.7 Å². The molecule has 176 valence electrons. The van der Waals surface area contributed by atoms with Crippen molar-refractivity contribution in [2.45, 2.75) is 52.4 Å². The number of hydrogen-bond acceptors (Lipinski definition) is 5. The van der Waals surface area contributed by atoms with Crippen LogP contribution in [-0.4, -0.2) is 41.9 Å². The maximum Gasteiger partial charge on any atom is 0.265 e. The fraction of sp³-hybridized carbons (Fsp3) is 0.417. The molecule has 4 rings (SSSR count). The van der Waals surface area contributed by atoms with Gasteiger partial charge in [-0.2, -0.15) is 0 Å². The van der Waals surface area contributed by atoms with Gasteiger partial charge in [-0.25, -0.2) is 13.4 Å². The SMILES string of the molecule is Cc1cc(C)c(NS(=O)(=O)c2cc(-c3nc(C)c(C(=O)N4CCCC4)s3)n(C)c2C)c(C)c1. The Morgan fingerprint density at radius 3 is 2.24 bits per heavy atom. The number of thiazole rings is 1. The molecular weight excluding hydrogens is 456 g/mol. The van der Waals surface area contributed by atoms with Crippen LogP contribution in [0.5, 0.6) is 0 Å². The summed E-state index contributed by atoms with van der Waals surface area (Å²) in [6.45, 7) is 11.0. The quantitative estimate of drug-likeness (QED) is 0.565. The fourth-order valence-electron chi connectivity index (χ4n) is 4.45. The molecular formula is C24H30N4O3S2. The zero-order chi connectivity index (χ0) is 24.1. The number of hydrogen-bond donors (Lipinski definition) is 1. The lowest BCUT2D eigenvalue weighted by molar-refractivity contribution is 0.0796. The summed E-state index contributed by atoms with van der Waals surface area (Å²) < 4.78 is 31.3. The van der Waals surface area contributed by atoms with Crippen molar-refractivity contribution >= 4 is 33.0 Å². The van der Waals surface area contributed by atoms with Gasteiger partial charge in [-0.1, -0.05) is 17.7 Å². The predicted molar refractivity (Wildman–Crippen MR) is 133 cm³/mol. The molecule has 1 aliphatic rings. The van der Waals surface area contributed by atoms with Gasteiger partial charge in [-0.15, -0.1) is 11.3 Å². The lowest BCUT2D eigenvalue weighted by Crippen LogP contribution is -2.27. The highest BCUT2D eigenvalue weighted by atomic mass is 32.2. The Hall–Kier alpha value is -2.65. The summed E-state index contributed by atoms with van der Waals surface area (Å²) in [7, 11) is -1.99. The largest absolute Gasteiger partial charge is 0.345 e. The van der Waals surface area contributed by atoms with E-state index in [2.05, 4.69) is 9.71 Å². The van der Waals surface area contributed by atoms with E-state index >= 15 is 0 Å². The fourth-order valence-corrected chi connectivity index (χ4v) is 7.03. The topological polar surface area (TPSA) is 84.3 Å². The second kappa shape index (κ2) is 8.61. The van der Waals surface area contributed by atoms with E-state index in [4.69, 9.17) is 0 Å². The van der Waals surface area contributed by atoms with Crippen LogP contribution >= 0.6 is 11.3 Å². The number of aryl methyl sites for hydroxylation is 4. The van der Waals surface area contributed by atoms with Crippen LogP contribution in [0.1, 0.15) is 50.6 Å². The summed E-state index contributed by atoms with van der Waals surface area (Å²) in [6.07, 6.45) is 2.06. The van der Waals surface area contributed by atoms with Crippen LogP contribution in [0, 0.1) is 34.6 Å². The first kappa shape index (κ1) is 23.5. The van der Waals surface area contributed by atoms with Gasteiger partial charge in [-0.3, -0.25) is 9.52 Å². The monoisotopic (exact) mass is 486 g/mol. The summed E-state index contributed by atoms with van der Waals surface area (Å²) in [5.74, 6) is 0.0134. The average molecular weight is 487 g/mol. The summed E-state index contributed by atoms with van der Waals surface area (Å²) in [6, 6.07) is 5.58. The van der Waals surface area contributed by atoms with Crippen molar-refractivity contribution in [1.29, 1.82) is 0 Å². The van der Waals surface area contributed by atoms with Crippen molar-refractivity contribution < 1.29 is 13.2 Å². The molecule has 1 saturated heterocycles. The van der Waals surface area contributed by atoms with Crippen LogP contribution in [0.4, 0.5) is 5.69 Å². The molecule has 0 aliphatic carbocycles. The van der Waals surface area contributed by atoms with Gasteiger partial charge < -0.3 is 9.47 Å². The van der Waals surface area contributed by atoms with E-state index in [0.717, 1.165) is 42.6 Å². The van der Waals surface area contributed by atoms with Gasteiger partial charge in [0.05, 0.1) is 17.1 Å². The first-order valence-electron chi connectivity index (χ1n) is 11.0. The first-order valence-corrected chi connectivity index (χ1v) is 13.3. The molecule has 1 N–H and O–H groups in total. The molecule has 33 heavy (non-hydrogen) atoms. The molecule has 2 aromatic heterocycles. The molecule has 9 heteroatoms. The molecule has 1 aromatic carbocycles. The van der Waals surface area contributed by atoms with Crippen molar-refractivity contribution in [3.8, 4) is 10.7 Å². The standard InChI is InChI=1S/C24H30N4O3S2/c1-14-11-15(2)21(16(3)12-14)26-33(30,31)20-13-19(27(6)18(20)5)23-25-17(4)22(32-23)24(29)28-9-7-8-10-28/h11-13,26H,7-10H2,1-6H3.